The third-order valence-corrected chi connectivity index (χ3v) is 3.86. The minimum absolute atomic E-state index is 0.00717. The van der Waals surface area contributed by atoms with Gasteiger partial charge in [0.1, 0.15) is 6.10 Å². The van der Waals surface area contributed by atoms with Crippen molar-refractivity contribution in [2.45, 2.75) is 76.7 Å². The summed E-state index contributed by atoms with van der Waals surface area (Å²) in [7, 11) is 3.31. The Morgan fingerprint density at radius 3 is 2.52 bits per heavy atom. The van der Waals surface area contributed by atoms with Gasteiger partial charge in [0, 0.05) is 27.1 Å². The lowest BCUT2D eigenvalue weighted by Gasteiger charge is -2.39. The summed E-state index contributed by atoms with van der Waals surface area (Å²) < 4.78 is 22.6. The molecule has 0 aromatic heterocycles. The predicted molar refractivity (Wildman–Crippen MR) is 77.2 cm³/mol. The Bertz CT molecular complexity index is 309. The maximum atomic E-state index is 10.5. The molecule has 1 unspecified atom stereocenters. The van der Waals surface area contributed by atoms with Gasteiger partial charge in [-0.05, 0) is 26.7 Å². The minimum atomic E-state index is -0.752. The summed E-state index contributed by atoms with van der Waals surface area (Å²) in [6.45, 7) is 3.94. The van der Waals surface area contributed by atoms with E-state index >= 15 is 0 Å². The first-order valence-corrected chi connectivity index (χ1v) is 7.56. The highest BCUT2D eigenvalue weighted by Gasteiger charge is 2.37. The van der Waals surface area contributed by atoms with Gasteiger partial charge in [-0.2, -0.15) is 0 Å². The minimum Gasteiger partial charge on any atom is -0.481 e. The molecular weight excluding hydrogens is 276 g/mol. The molecular formula is C15H28O6. The van der Waals surface area contributed by atoms with Crippen LogP contribution in [-0.4, -0.2) is 56.0 Å². The van der Waals surface area contributed by atoms with Gasteiger partial charge < -0.3 is 24.1 Å². The fourth-order valence-corrected chi connectivity index (χ4v) is 2.54. The summed E-state index contributed by atoms with van der Waals surface area (Å²) in [6.07, 6.45) is 2.70. The summed E-state index contributed by atoms with van der Waals surface area (Å²) in [4.78, 5) is 10.5. The zero-order valence-corrected chi connectivity index (χ0v) is 13.4. The van der Waals surface area contributed by atoms with Crippen LogP contribution in [-0.2, 0) is 23.7 Å². The molecule has 1 N–H and O–H groups in total. The molecule has 1 aliphatic heterocycles. The number of aliphatic carboxylic acids is 1. The number of carboxylic acid groups (broad SMARTS) is 1. The molecule has 0 aromatic carbocycles. The second kappa shape index (κ2) is 9.35. The zero-order valence-electron chi connectivity index (χ0n) is 13.4. The molecule has 1 aliphatic rings. The van der Waals surface area contributed by atoms with Gasteiger partial charge in [0.25, 0.3) is 0 Å². The SMILES string of the molecule is CO[C@@H]1C[C@@H](OC)[C@H](C)O[C@H]1OC(C)CCCCC(=O)O. The summed E-state index contributed by atoms with van der Waals surface area (Å²) in [5.41, 5.74) is 0. The maximum Gasteiger partial charge on any atom is 0.303 e. The molecule has 1 heterocycles. The van der Waals surface area contributed by atoms with Crippen molar-refractivity contribution in [3.8, 4) is 0 Å². The maximum absolute atomic E-state index is 10.5. The van der Waals surface area contributed by atoms with Crippen molar-refractivity contribution in [3.63, 3.8) is 0 Å². The standard InChI is InChI=1S/C15H28O6/c1-10(7-5-6-8-14(16)17)20-15-13(19-4)9-12(18-3)11(2)21-15/h10-13,15H,5-9H2,1-4H3,(H,16,17)/t10?,11-,12+,13+,15+/m0/s1. The van der Waals surface area contributed by atoms with Crippen LogP contribution in [0, 0.1) is 0 Å². The van der Waals surface area contributed by atoms with E-state index < -0.39 is 12.3 Å². The molecule has 5 atom stereocenters. The summed E-state index contributed by atoms with van der Waals surface area (Å²) in [6, 6.07) is 0. The first kappa shape index (κ1) is 18.4. The molecule has 6 heteroatoms. The molecule has 0 saturated carbocycles. The molecule has 0 radical (unpaired) electrons. The lowest BCUT2D eigenvalue weighted by atomic mass is 10.0. The van der Waals surface area contributed by atoms with E-state index in [1.165, 1.54) is 0 Å². The van der Waals surface area contributed by atoms with Crippen molar-refractivity contribution >= 4 is 5.97 Å². The monoisotopic (exact) mass is 304 g/mol. The smallest absolute Gasteiger partial charge is 0.303 e. The first-order chi connectivity index (χ1) is 9.97. The Morgan fingerprint density at radius 1 is 1.29 bits per heavy atom. The van der Waals surface area contributed by atoms with Crippen LogP contribution in [0.25, 0.3) is 0 Å². The number of hydrogen-bond acceptors (Lipinski definition) is 5. The van der Waals surface area contributed by atoms with Crippen molar-refractivity contribution in [2.75, 3.05) is 14.2 Å². The highest BCUT2D eigenvalue weighted by molar-refractivity contribution is 5.66. The normalized spacial score (nSPS) is 31.0. The molecule has 1 fully saturated rings. The van der Waals surface area contributed by atoms with Gasteiger partial charge in [-0.3, -0.25) is 4.79 Å². The quantitative estimate of drug-likeness (QED) is 0.658. The average molecular weight is 304 g/mol. The molecule has 1 rings (SSSR count). The van der Waals surface area contributed by atoms with Crippen LogP contribution in [0.15, 0.2) is 0 Å². The Hall–Kier alpha value is -0.690. The van der Waals surface area contributed by atoms with Crippen molar-refractivity contribution in [3.05, 3.63) is 0 Å². The van der Waals surface area contributed by atoms with Crippen molar-refractivity contribution < 1.29 is 28.8 Å². The van der Waals surface area contributed by atoms with Gasteiger partial charge in [0.15, 0.2) is 6.29 Å². The van der Waals surface area contributed by atoms with Crippen LogP contribution in [0.3, 0.4) is 0 Å². The van der Waals surface area contributed by atoms with Gasteiger partial charge in [0.2, 0.25) is 0 Å². The number of carboxylic acids is 1. The number of methoxy groups -OCH3 is 2. The first-order valence-electron chi connectivity index (χ1n) is 7.56. The molecule has 0 bridgehead atoms. The topological polar surface area (TPSA) is 74.2 Å². The van der Waals surface area contributed by atoms with Crippen molar-refractivity contribution in [1.82, 2.24) is 0 Å². The van der Waals surface area contributed by atoms with E-state index in [0.717, 1.165) is 19.3 Å². The summed E-state index contributed by atoms with van der Waals surface area (Å²) in [5, 5.41) is 8.60. The van der Waals surface area contributed by atoms with E-state index in [-0.39, 0.29) is 30.8 Å². The fraction of sp³-hybridized carbons (Fsp3) is 0.933. The van der Waals surface area contributed by atoms with Crippen molar-refractivity contribution in [1.29, 1.82) is 0 Å². The number of ether oxygens (including phenoxy) is 4. The highest BCUT2D eigenvalue weighted by Crippen LogP contribution is 2.26. The van der Waals surface area contributed by atoms with Crippen LogP contribution in [0.1, 0.15) is 46.0 Å². The van der Waals surface area contributed by atoms with Crippen LogP contribution in [0.4, 0.5) is 0 Å². The number of unbranched alkanes of at least 4 members (excludes halogenated alkanes) is 1. The predicted octanol–water partition coefficient (Wildman–Crippen LogP) is 2.20. The van der Waals surface area contributed by atoms with Gasteiger partial charge >= 0.3 is 5.97 Å². The van der Waals surface area contributed by atoms with E-state index in [4.69, 9.17) is 24.1 Å². The van der Waals surface area contributed by atoms with E-state index in [9.17, 15) is 4.79 Å². The molecule has 0 amide bonds. The lowest BCUT2D eigenvalue weighted by Crippen LogP contribution is -2.49. The van der Waals surface area contributed by atoms with E-state index in [0.29, 0.717) is 6.42 Å². The van der Waals surface area contributed by atoms with Crippen LogP contribution >= 0.6 is 0 Å². The molecule has 1 saturated heterocycles. The number of rotatable bonds is 9. The fourth-order valence-electron chi connectivity index (χ4n) is 2.54. The average Bonchev–Trinajstić information content (AvgIpc) is 2.43. The molecule has 21 heavy (non-hydrogen) atoms. The van der Waals surface area contributed by atoms with E-state index in [1.54, 1.807) is 14.2 Å². The Kier molecular flexibility index (Phi) is 8.18. The second-order valence-electron chi connectivity index (χ2n) is 5.58. The number of hydrogen-bond donors (Lipinski definition) is 1. The molecule has 0 aliphatic carbocycles. The molecule has 6 nitrogen and oxygen atoms in total. The Labute approximate surface area is 126 Å². The second-order valence-corrected chi connectivity index (χ2v) is 5.58. The number of carbonyl (C=O) groups is 1. The molecule has 124 valence electrons. The third-order valence-electron chi connectivity index (χ3n) is 3.86. The zero-order chi connectivity index (χ0) is 15.8. The third kappa shape index (κ3) is 6.30. The van der Waals surface area contributed by atoms with Gasteiger partial charge in [-0.1, -0.05) is 6.42 Å². The molecule has 0 aromatic rings. The lowest BCUT2D eigenvalue weighted by molar-refractivity contribution is -0.281. The van der Waals surface area contributed by atoms with E-state index in [2.05, 4.69) is 0 Å². The summed E-state index contributed by atoms with van der Waals surface area (Å²) >= 11 is 0. The summed E-state index contributed by atoms with van der Waals surface area (Å²) in [5.74, 6) is -0.752. The van der Waals surface area contributed by atoms with Crippen LogP contribution in [0.2, 0.25) is 0 Å². The van der Waals surface area contributed by atoms with E-state index in [1.807, 2.05) is 13.8 Å². The highest BCUT2D eigenvalue weighted by atomic mass is 16.7. The van der Waals surface area contributed by atoms with Crippen molar-refractivity contribution in [2.24, 2.45) is 0 Å². The molecule has 0 spiro atoms. The van der Waals surface area contributed by atoms with Gasteiger partial charge in [-0.25, -0.2) is 0 Å². The van der Waals surface area contributed by atoms with Crippen LogP contribution in [0.5, 0.6) is 0 Å². The van der Waals surface area contributed by atoms with Gasteiger partial charge in [0.05, 0.1) is 18.3 Å². The Morgan fingerprint density at radius 2 is 1.95 bits per heavy atom. The van der Waals surface area contributed by atoms with Crippen LogP contribution < -0.4 is 0 Å². The largest absolute Gasteiger partial charge is 0.481 e. The van der Waals surface area contributed by atoms with Gasteiger partial charge in [-0.15, -0.1) is 0 Å². The Balaban J connectivity index is 2.35.